The lowest BCUT2D eigenvalue weighted by molar-refractivity contribution is -0.284. The van der Waals surface area contributed by atoms with Crippen molar-refractivity contribution < 1.29 is 30.0 Å². The summed E-state index contributed by atoms with van der Waals surface area (Å²) in [6, 6.07) is 0. The Morgan fingerprint density at radius 1 is 1.06 bits per heavy atom. The van der Waals surface area contributed by atoms with Crippen LogP contribution < -0.4 is 0 Å². The normalized spacial score (nSPS) is 46.9. The Morgan fingerprint density at radius 2 is 1.77 bits per heavy atom. The van der Waals surface area contributed by atoms with Gasteiger partial charge < -0.3 is 25.2 Å². The summed E-state index contributed by atoms with van der Waals surface area (Å²) in [6.07, 6.45) is 6.23. The number of fused-ring (bicyclic) bond motifs is 5. The van der Waals surface area contributed by atoms with E-state index in [0.717, 1.165) is 38.5 Å². The first-order valence-electron chi connectivity index (χ1n) is 14.3. The molecule has 4 aliphatic rings. The van der Waals surface area contributed by atoms with Gasteiger partial charge in [-0.3, -0.25) is 4.79 Å². The molecule has 4 fully saturated rings. The van der Waals surface area contributed by atoms with Crippen molar-refractivity contribution in [3.63, 3.8) is 0 Å². The van der Waals surface area contributed by atoms with Crippen LogP contribution >= 0.6 is 0 Å². The van der Waals surface area contributed by atoms with Crippen molar-refractivity contribution in [1.82, 2.24) is 0 Å². The first-order chi connectivity index (χ1) is 16.4. The van der Waals surface area contributed by atoms with Gasteiger partial charge in [0.2, 0.25) is 0 Å². The highest BCUT2D eigenvalue weighted by Gasteiger charge is 2.70. The van der Waals surface area contributed by atoms with Gasteiger partial charge in [0.15, 0.2) is 0 Å². The minimum atomic E-state index is -1.40. The van der Waals surface area contributed by atoms with E-state index in [1.807, 2.05) is 0 Å². The highest BCUT2D eigenvalue weighted by atomic mass is 16.6. The maximum atomic E-state index is 12.1. The maximum absolute atomic E-state index is 12.1. The third-order valence-electron chi connectivity index (χ3n) is 11.4. The van der Waals surface area contributed by atoms with Crippen LogP contribution in [0.15, 0.2) is 0 Å². The standard InChI is InChI=1S/C29H50O6/c1-17(2)6-9-25(33)18(3)22-7-8-23-21-14-26(35-19(4)31)29(34)15-20(32)10-13-28(29,16-30)24(21)11-12-27(22,23)5/h17-18,20-26,30,32-34H,6-16H2,1-5H3. The van der Waals surface area contributed by atoms with Crippen LogP contribution in [-0.4, -0.2) is 56.9 Å². The summed E-state index contributed by atoms with van der Waals surface area (Å²) in [5.41, 5.74) is -2.06. The van der Waals surface area contributed by atoms with Gasteiger partial charge in [-0.15, -0.1) is 0 Å². The monoisotopic (exact) mass is 494 g/mol. The molecule has 35 heavy (non-hydrogen) atoms. The minimum Gasteiger partial charge on any atom is -0.459 e. The molecule has 0 aromatic carbocycles. The third-order valence-corrected chi connectivity index (χ3v) is 11.4. The second-order valence-corrected chi connectivity index (χ2v) is 13.5. The van der Waals surface area contributed by atoms with Gasteiger partial charge in [0.25, 0.3) is 0 Å². The van der Waals surface area contributed by atoms with Crippen molar-refractivity contribution >= 4 is 5.97 Å². The molecule has 0 spiro atoms. The molecule has 0 heterocycles. The molecule has 6 heteroatoms. The third kappa shape index (κ3) is 4.38. The van der Waals surface area contributed by atoms with E-state index in [4.69, 9.17) is 4.74 Å². The minimum absolute atomic E-state index is 0.0977. The number of carbonyl (C=O) groups excluding carboxylic acids is 1. The summed E-state index contributed by atoms with van der Waals surface area (Å²) in [7, 11) is 0. The molecule has 4 aliphatic carbocycles. The molecule has 4 N–H and O–H groups in total. The fraction of sp³-hybridized carbons (Fsp3) is 0.966. The predicted octanol–water partition coefficient (Wildman–Crippen LogP) is 4.07. The molecule has 4 saturated carbocycles. The summed E-state index contributed by atoms with van der Waals surface area (Å²) in [4.78, 5) is 12.1. The first-order valence-corrected chi connectivity index (χ1v) is 14.3. The van der Waals surface area contributed by atoms with Gasteiger partial charge in [0.1, 0.15) is 11.7 Å². The molecule has 11 unspecified atom stereocenters. The average Bonchev–Trinajstić information content (AvgIpc) is 3.14. The van der Waals surface area contributed by atoms with Gasteiger partial charge in [0, 0.05) is 18.8 Å². The van der Waals surface area contributed by atoms with Crippen LogP contribution in [0.4, 0.5) is 0 Å². The molecular formula is C29H50O6. The highest BCUT2D eigenvalue weighted by Crippen LogP contribution is 2.69. The van der Waals surface area contributed by atoms with Crippen molar-refractivity contribution in [3.8, 4) is 0 Å². The Hall–Kier alpha value is -0.690. The Labute approximate surface area is 211 Å². The Kier molecular flexibility index (Phi) is 7.72. The van der Waals surface area contributed by atoms with Crippen molar-refractivity contribution in [2.24, 2.45) is 46.3 Å². The summed E-state index contributed by atoms with van der Waals surface area (Å²) in [5, 5.41) is 44.4. The van der Waals surface area contributed by atoms with E-state index in [1.54, 1.807) is 0 Å². The Balaban J connectivity index is 1.63. The van der Waals surface area contributed by atoms with E-state index in [-0.39, 0.29) is 42.3 Å². The van der Waals surface area contributed by atoms with Crippen molar-refractivity contribution in [2.75, 3.05) is 6.61 Å². The van der Waals surface area contributed by atoms with E-state index in [2.05, 4.69) is 27.7 Å². The molecule has 6 nitrogen and oxygen atoms in total. The smallest absolute Gasteiger partial charge is 0.303 e. The largest absolute Gasteiger partial charge is 0.459 e. The Bertz CT molecular complexity index is 770. The molecule has 0 aliphatic heterocycles. The molecule has 0 aromatic heterocycles. The van der Waals surface area contributed by atoms with Gasteiger partial charge in [-0.2, -0.15) is 0 Å². The molecule has 4 rings (SSSR count). The van der Waals surface area contributed by atoms with E-state index in [1.165, 1.54) is 6.92 Å². The molecular weight excluding hydrogens is 444 g/mol. The number of hydrogen-bond donors (Lipinski definition) is 4. The molecule has 0 aromatic rings. The van der Waals surface area contributed by atoms with Crippen LogP contribution in [0.5, 0.6) is 0 Å². The highest BCUT2D eigenvalue weighted by molar-refractivity contribution is 5.66. The van der Waals surface area contributed by atoms with Crippen LogP contribution in [0.3, 0.4) is 0 Å². The zero-order valence-electron chi connectivity index (χ0n) is 22.6. The van der Waals surface area contributed by atoms with Crippen LogP contribution in [0.2, 0.25) is 0 Å². The van der Waals surface area contributed by atoms with Gasteiger partial charge in [-0.1, -0.05) is 27.7 Å². The topological polar surface area (TPSA) is 107 Å². The zero-order valence-corrected chi connectivity index (χ0v) is 22.6. The van der Waals surface area contributed by atoms with E-state index in [0.29, 0.717) is 37.0 Å². The van der Waals surface area contributed by atoms with Crippen molar-refractivity contribution in [2.45, 2.75) is 123 Å². The quantitative estimate of drug-likeness (QED) is 0.398. The van der Waals surface area contributed by atoms with Gasteiger partial charge in [-0.05, 0) is 98.7 Å². The Morgan fingerprint density at radius 3 is 2.40 bits per heavy atom. The second-order valence-electron chi connectivity index (χ2n) is 13.5. The maximum Gasteiger partial charge on any atom is 0.303 e. The fourth-order valence-electron chi connectivity index (χ4n) is 9.63. The number of hydrogen-bond acceptors (Lipinski definition) is 6. The zero-order chi connectivity index (χ0) is 25.8. The van der Waals surface area contributed by atoms with E-state index < -0.39 is 29.2 Å². The van der Waals surface area contributed by atoms with Gasteiger partial charge in [-0.25, -0.2) is 0 Å². The summed E-state index contributed by atoms with van der Waals surface area (Å²) < 4.78 is 5.78. The number of rotatable bonds is 7. The molecule has 0 amide bonds. The summed E-state index contributed by atoms with van der Waals surface area (Å²) in [5.74, 6) is 1.67. The molecule has 0 radical (unpaired) electrons. The summed E-state index contributed by atoms with van der Waals surface area (Å²) >= 11 is 0. The lowest BCUT2D eigenvalue weighted by atomic mass is 9.42. The number of aliphatic hydroxyl groups is 4. The van der Waals surface area contributed by atoms with E-state index in [9.17, 15) is 25.2 Å². The molecule has 0 saturated heterocycles. The molecule has 0 bridgehead atoms. The SMILES string of the molecule is CC(=O)OC1CC2C3CCC(C(C)C(O)CCC(C)C)C3(C)CCC2C2(CO)CCC(O)CC12O. The summed E-state index contributed by atoms with van der Waals surface area (Å²) in [6.45, 7) is 10.3. The lowest BCUT2D eigenvalue weighted by Gasteiger charge is -2.66. The number of carbonyl (C=O) groups is 1. The first kappa shape index (κ1) is 27.3. The molecule has 202 valence electrons. The van der Waals surface area contributed by atoms with Crippen LogP contribution in [-0.2, 0) is 9.53 Å². The van der Waals surface area contributed by atoms with Crippen LogP contribution in [0.25, 0.3) is 0 Å². The number of ether oxygens (including phenoxy) is 1. The fourth-order valence-corrected chi connectivity index (χ4v) is 9.63. The molecule has 11 atom stereocenters. The number of esters is 1. The van der Waals surface area contributed by atoms with Crippen molar-refractivity contribution in [1.29, 1.82) is 0 Å². The number of aliphatic hydroxyl groups excluding tert-OH is 3. The van der Waals surface area contributed by atoms with Crippen LogP contribution in [0, 0.1) is 46.3 Å². The lowest BCUT2D eigenvalue weighted by Crippen LogP contribution is -2.71. The van der Waals surface area contributed by atoms with E-state index >= 15 is 0 Å². The van der Waals surface area contributed by atoms with Crippen molar-refractivity contribution in [3.05, 3.63) is 0 Å². The van der Waals surface area contributed by atoms with Gasteiger partial charge >= 0.3 is 5.97 Å². The predicted molar refractivity (Wildman–Crippen MR) is 134 cm³/mol. The second kappa shape index (κ2) is 9.89. The van der Waals surface area contributed by atoms with Crippen LogP contribution in [0.1, 0.15) is 98.8 Å². The van der Waals surface area contributed by atoms with Gasteiger partial charge in [0.05, 0.1) is 18.8 Å². The average molecular weight is 495 g/mol.